The number of hydrogen-bond donors (Lipinski definition) is 1. The van der Waals surface area contributed by atoms with Crippen LogP contribution in [0, 0.1) is 0 Å². The number of rotatable bonds is 4. The highest BCUT2D eigenvalue weighted by Gasteiger charge is 2.12. The molecular weight excluding hydrogens is 362 g/mol. The number of fused-ring (bicyclic) bond motifs is 1. The van der Waals surface area contributed by atoms with E-state index >= 15 is 0 Å². The van der Waals surface area contributed by atoms with Crippen LogP contribution in [0.3, 0.4) is 0 Å². The van der Waals surface area contributed by atoms with E-state index in [0.29, 0.717) is 21.9 Å². The van der Waals surface area contributed by atoms with Gasteiger partial charge in [0.2, 0.25) is 4.80 Å². The first-order valence-corrected chi connectivity index (χ1v) is 9.11. The van der Waals surface area contributed by atoms with Crippen LogP contribution in [0.4, 0.5) is 0 Å². The van der Waals surface area contributed by atoms with Crippen molar-refractivity contribution in [3.05, 3.63) is 64.3 Å². The predicted molar refractivity (Wildman–Crippen MR) is 107 cm³/mol. The molecule has 136 valence electrons. The summed E-state index contributed by atoms with van der Waals surface area (Å²) in [6, 6.07) is 14.8. The minimum Gasteiger partial charge on any atom is -0.507 e. The van der Waals surface area contributed by atoms with Crippen molar-refractivity contribution in [1.82, 2.24) is 4.68 Å². The fourth-order valence-corrected chi connectivity index (χ4v) is 3.51. The van der Waals surface area contributed by atoms with Crippen molar-refractivity contribution in [3.63, 3.8) is 0 Å². The fraction of sp³-hybridized carbons (Fsp3) is 0.100. The molecule has 6 nitrogen and oxygen atoms in total. The number of benzene rings is 2. The zero-order chi connectivity index (χ0) is 18.8. The van der Waals surface area contributed by atoms with Crippen LogP contribution in [-0.2, 0) is 0 Å². The summed E-state index contributed by atoms with van der Waals surface area (Å²) in [5.41, 5.74) is 2.15. The Morgan fingerprint density at radius 2 is 2.04 bits per heavy atom. The molecule has 0 aliphatic rings. The van der Waals surface area contributed by atoms with E-state index in [0.717, 1.165) is 16.7 Å². The van der Waals surface area contributed by atoms with Crippen molar-refractivity contribution < 1.29 is 14.3 Å². The second kappa shape index (κ2) is 7.13. The van der Waals surface area contributed by atoms with Crippen molar-refractivity contribution in [2.45, 2.75) is 0 Å². The van der Waals surface area contributed by atoms with Crippen LogP contribution in [-0.4, -0.2) is 30.2 Å². The molecule has 4 rings (SSSR count). The van der Waals surface area contributed by atoms with Crippen molar-refractivity contribution in [2.75, 3.05) is 14.2 Å². The van der Waals surface area contributed by atoms with Gasteiger partial charge >= 0.3 is 0 Å². The third-order valence-corrected chi connectivity index (χ3v) is 5.01. The number of hydrogen-bond acceptors (Lipinski definition) is 6. The number of furan rings is 1. The molecule has 0 atom stereocenters. The maximum atomic E-state index is 10.1. The summed E-state index contributed by atoms with van der Waals surface area (Å²) in [6.07, 6.45) is 1.57. The second-order valence-corrected chi connectivity index (χ2v) is 6.59. The molecule has 0 radical (unpaired) electrons. The van der Waals surface area contributed by atoms with Gasteiger partial charge in [-0.2, -0.15) is 5.10 Å². The van der Waals surface area contributed by atoms with E-state index in [1.165, 1.54) is 11.3 Å². The summed E-state index contributed by atoms with van der Waals surface area (Å²) in [4.78, 5) is 4.99. The highest BCUT2D eigenvalue weighted by Crippen LogP contribution is 2.28. The topological polar surface area (TPSA) is 72.2 Å². The van der Waals surface area contributed by atoms with Crippen LogP contribution in [0.5, 0.6) is 11.5 Å². The Morgan fingerprint density at radius 1 is 1.19 bits per heavy atom. The van der Waals surface area contributed by atoms with Gasteiger partial charge in [0, 0.05) is 23.4 Å². The number of nitrogens with zero attached hydrogens (tertiary/aromatic N) is 3. The van der Waals surface area contributed by atoms with Gasteiger partial charge in [0.15, 0.2) is 5.76 Å². The molecule has 0 aliphatic heterocycles. The third kappa shape index (κ3) is 3.24. The van der Waals surface area contributed by atoms with E-state index < -0.39 is 0 Å². The van der Waals surface area contributed by atoms with Crippen molar-refractivity contribution in [3.8, 4) is 23.0 Å². The molecule has 7 heteroatoms. The van der Waals surface area contributed by atoms with Crippen LogP contribution >= 0.6 is 11.3 Å². The molecule has 0 saturated heterocycles. The lowest BCUT2D eigenvalue weighted by Gasteiger charge is -2.04. The summed E-state index contributed by atoms with van der Waals surface area (Å²) in [5, 5.41) is 17.6. The van der Waals surface area contributed by atoms with Gasteiger partial charge in [-0.25, -0.2) is 4.68 Å². The van der Waals surface area contributed by atoms with Gasteiger partial charge in [-0.15, -0.1) is 11.3 Å². The number of ether oxygens (including phenoxy) is 1. The number of thiazole rings is 1. The lowest BCUT2D eigenvalue weighted by atomic mass is 10.2. The molecule has 1 N–H and O–H groups in total. The summed E-state index contributed by atoms with van der Waals surface area (Å²) < 4.78 is 12.9. The SMILES string of the molecule is CN=c1scc(-c2cc3ccccc3o2)n1/N=C/c1cc(OC)ccc1O. The Labute approximate surface area is 159 Å². The molecule has 2 heterocycles. The molecule has 0 fully saturated rings. The van der Waals surface area contributed by atoms with Crippen LogP contribution < -0.4 is 9.54 Å². The number of aromatic hydroxyl groups is 1. The Balaban J connectivity index is 1.80. The number of phenolic OH excluding ortho intramolecular Hbond substituents is 1. The van der Waals surface area contributed by atoms with Crippen molar-refractivity contribution >= 4 is 28.5 Å². The lowest BCUT2D eigenvalue weighted by molar-refractivity contribution is 0.412. The fourth-order valence-electron chi connectivity index (χ4n) is 2.72. The van der Waals surface area contributed by atoms with Gasteiger partial charge in [0.1, 0.15) is 22.8 Å². The minimum absolute atomic E-state index is 0.121. The molecule has 2 aromatic carbocycles. The number of para-hydroxylation sites is 1. The monoisotopic (exact) mass is 379 g/mol. The van der Waals surface area contributed by atoms with Gasteiger partial charge in [0.05, 0.1) is 13.3 Å². The van der Waals surface area contributed by atoms with Crippen LogP contribution in [0.2, 0.25) is 0 Å². The lowest BCUT2D eigenvalue weighted by Crippen LogP contribution is -2.11. The molecule has 4 aromatic rings. The van der Waals surface area contributed by atoms with Gasteiger partial charge in [-0.1, -0.05) is 18.2 Å². The summed E-state index contributed by atoms with van der Waals surface area (Å²) >= 11 is 1.46. The quantitative estimate of drug-likeness (QED) is 0.543. The summed E-state index contributed by atoms with van der Waals surface area (Å²) in [7, 11) is 3.29. The highest BCUT2D eigenvalue weighted by atomic mass is 32.1. The van der Waals surface area contributed by atoms with Gasteiger partial charge in [-0.05, 0) is 30.3 Å². The summed E-state index contributed by atoms with van der Waals surface area (Å²) in [6.45, 7) is 0. The zero-order valence-corrected chi connectivity index (χ0v) is 15.6. The average molecular weight is 379 g/mol. The maximum absolute atomic E-state index is 10.1. The largest absolute Gasteiger partial charge is 0.507 e. The van der Waals surface area contributed by atoms with Crippen LogP contribution in [0.25, 0.3) is 22.4 Å². The molecule has 0 saturated carbocycles. The first kappa shape index (κ1) is 17.1. The molecule has 0 bridgehead atoms. The Morgan fingerprint density at radius 3 is 2.81 bits per heavy atom. The maximum Gasteiger partial charge on any atom is 0.206 e. The van der Waals surface area contributed by atoms with Gasteiger partial charge < -0.3 is 14.3 Å². The molecule has 0 unspecified atom stereocenters. The molecule has 0 aliphatic carbocycles. The minimum atomic E-state index is 0.121. The first-order chi connectivity index (χ1) is 13.2. The van der Waals surface area contributed by atoms with Crippen molar-refractivity contribution in [1.29, 1.82) is 0 Å². The van der Waals surface area contributed by atoms with Crippen LogP contribution in [0.15, 0.2) is 68.4 Å². The Kier molecular flexibility index (Phi) is 4.52. The average Bonchev–Trinajstić information content (AvgIpc) is 3.30. The Hall–Kier alpha value is -3.32. The highest BCUT2D eigenvalue weighted by molar-refractivity contribution is 7.07. The zero-order valence-electron chi connectivity index (χ0n) is 14.8. The third-order valence-electron chi connectivity index (χ3n) is 4.10. The van der Waals surface area contributed by atoms with E-state index in [2.05, 4.69) is 10.1 Å². The molecule has 0 spiro atoms. The predicted octanol–water partition coefficient (Wildman–Crippen LogP) is 4.09. The van der Waals surface area contributed by atoms with Gasteiger partial charge in [0.25, 0.3) is 0 Å². The van der Waals surface area contributed by atoms with Crippen molar-refractivity contribution in [2.24, 2.45) is 10.1 Å². The van der Waals surface area contributed by atoms with E-state index in [9.17, 15) is 5.11 Å². The molecule has 0 amide bonds. The van der Waals surface area contributed by atoms with E-state index in [-0.39, 0.29) is 5.75 Å². The van der Waals surface area contributed by atoms with E-state index in [4.69, 9.17) is 9.15 Å². The molecule has 27 heavy (non-hydrogen) atoms. The van der Waals surface area contributed by atoms with Gasteiger partial charge in [-0.3, -0.25) is 4.99 Å². The smallest absolute Gasteiger partial charge is 0.206 e. The molecular formula is C20H17N3O3S. The summed E-state index contributed by atoms with van der Waals surface area (Å²) in [5.74, 6) is 1.47. The van der Waals surface area contributed by atoms with Crippen LogP contribution in [0.1, 0.15) is 5.56 Å². The number of phenols is 1. The van der Waals surface area contributed by atoms with E-state index in [1.54, 1.807) is 43.2 Å². The Bertz CT molecular complexity index is 1170. The first-order valence-electron chi connectivity index (χ1n) is 8.23. The molecule has 2 aromatic heterocycles. The normalized spacial score (nSPS) is 12.3. The number of methoxy groups -OCH3 is 1. The second-order valence-electron chi connectivity index (χ2n) is 5.76. The number of aromatic nitrogens is 1. The standard InChI is InChI=1S/C20H17N3O3S/c1-21-20-23(22-11-14-9-15(25-2)7-8-17(14)24)16(12-27-20)19-10-13-5-3-4-6-18(13)26-19/h3-12,24H,1-2H3/b21-20?,22-11+. The van der Waals surface area contributed by atoms with E-state index in [1.807, 2.05) is 35.7 Å².